The number of hydrogen-bond acceptors (Lipinski definition) is 3. The molecule has 14 heavy (non-hydrogen) atoms. The third kappa shape index (κ3) is 2.92. The van der Waals surface area contributed by atoms with E-state index < -0.39 is 11.9 Å². The van der Waals surface area contributed by atoms with Crippen LogP contribution in [0.25, 0.3) is 0 Å². The third-order valence-corrected chi connectivity index (χ3v) is 1.62. The quantitative estimate of drug-likeness (QED) is 0.543. The summed E-state index contributed by atoms with van der Waals surface area (Å²) in [5.41, 5.74) is 0.705. The standard InChI is InChI=1S/C10H11NO3/c1-2-14-11-7-8-3-5-9(6-4-8)10(12)13/h3-6,9H,2H2,1H3,(H,12,13). The van der Waals surface area contributed by atoms with E-state index in [1.807, 2.05) is 6.92 Å². The van der Waals surface area contributed by atoms with Gasteiger partial charge in [-0.1, -0.05) is 12.2 Å². The molecule has 0 aliphatic heterocycles. The average Bonchev–Trinajstić information content (AvgIpc) is 2.19. The van der Waals surface area contributed by atoms with E-state index >= 15 is 0 Å². The Labute approximate surface area is 81.9 Å². The SMILES string of the molecule is CCON=C=C1C=CC(C(=O)O)C=C1. The van der Waals surface area contributed by atoms with Gasteiger partial charge in [0.15, 0.2) is 0 Å². The lowest BCUT2D eigenvalue weighted by molar-refractivity contribution is -0.138. The van der Waals surface area contributed by atoms with Crippen molar-refractivity contribution in [2.45, 2.75) is 6.92 Å². The zero-order valence-corrected chi connectivity index (χ0v) is 7.80. The molecule has 0 unspecified atom stereocenters. The van der Waals surface area contributed by atoms with Crippen molar-refractivity contribution in [3.05, 3.63) is 29.9 Å². The van der Waals surface area contributed by atoms with Crippen molar-refractivity contribution >= 4 is 11.8 Å². The van der Waals surface area contributed by atoms with Crippen LogP contribution in [0.5, 0.6) is 0 Å². The van der Waals surface area contributed by atoms with Gasteiger partial charge < -0.3 is 9.94 Å². The Morgan fingerprint density at radius 1 is 1.64 bits per heavy atom. The average molecular weight is 193 g/mol. The molecule has 4 nitrogen and oxygen atoms in total. The molecule has 0 aromatic rings. The molecule has 1 aliphatic carbocycles. The molecule has 0 heterocycles. The van der Waals surface area contributed by atoms with Crippen molar-refractivity contribution in [2.75, 3.05) is 6.61 Å². The Balaban J connectivity index is 2.65. The van der Waals surface area contributed by atoms with Gasteiger partial charge in [-0.3, -0.25) is 4.79 Å². The van der Waals surface area contributed by atoms with Gasteiger partial charge in [0, 0.05) is 11.4 Å². The molecule has 0 amide bonds. The van der Waals surface area contributed by atoms with E-state index in [4.69, 9.17) is 9.94 Å². The molecule has 4 heteroatoms. The van der Waals surface area contributed by atoms with Gasteiger partial charge in [0.25, 0.3) is 0 Å². The molecule has 0 spiro atoms. The lowest BCUT2D eigenvalue weighted by Gasteiger charge is -2.04. The van der Waals surface area contributed by atoms with Gasteiger partial charge in [0.1, 0.15) is 6.61 Å². The summed E-state index contributed by atoms with van der Waals surface area (Å²) in [4.78, 5) is 15.3. The van der Waals surface area contributed by atoms with Gasteiger partial charge in [0.2, 0.25) is 0 Å². The summed E-state index contributed by atoms with van der Waals surface area (Å²) in [6, 6.07) is 0. The van der Waals surface area contributed by atoms with Crippen LogP contribution in [0.4, 0.5) is 0 Å². The molecule has 1 rings (SSSR count). The lowest BCUT2D eigenvalue weighted by Crippen LogP contribution is -2.09. The number of carboxylic acid groups (broad SMARTS) is 1. The molecule has 0 aromatic heterocycles. The molecule has 0 saturated carbocycles. The van der Waals surface area contributed by atoms with Crippen LogP contribution in [0.2, 0.25) is 0 Å². The molecule has 0 aromatic carbocycles. The first-order chi connectivity index (χ1) is 6.74. The summed E-state index contributed by atoms with van der Waals surface area (Å²) in [5, 5.41) is 12.2. The van der Waals surface area contributed by atoms with E-state index in [0.717, 1.165) is 0 Å². The fourth-order valence-electron chi connectivity index (χ4n) is 0.923. The molecule has 0 atom stereocenters. The van der Waals surface area contributed by atoms with Crippen molar-refractivity contribution < 1.29 is 14.7 Å². The first-order valence-corrected chi connectivity index (χ1v) is 4.28. The summed E-state index contributed by atoms with van der Waals surface area (Å²) < 4.78 is 0. The second-order valence-corrected chi connectivity index (χ2v) is 2.66. The maximum atomic E-state index is 10.5. The van der Waals surface area contributed by atoms with Crippen molar-refractivity contribution in [1.29, 1.82) is 0 Å². The summed E-state index contributed by atoms with van der Waals surface area (Å²) in [5.74, 6) is 1.22. The summed E-state index contributed by atoms with van der Waals surface area (Å²) in [7, 11) is 0. The fourth-order valence-corrected chi connectivity index (χ4v) is 0.923. The number of allylic oxidation sites excluding steroid dienone is 3. The number of carboxylic acids is 1. The van der Waals surface area contributed by atoms with E-state index in [1.165, 1.54) is 0 Å². The van der Waals surface area contributed by atoms with Crippen LogP contribution < -0.4 is 0 Å². The Kier molecular flexibility index (Phi) is 3.70. The lowest BCUT2D eigenvalue weighted by atomic mass is 10.0. The normalized spacial score (nSPS) is 18.9. The van der Waals surface area contributed by atoms with Gasteiger partial charge in [-0.2, -0.15) is 0 Å². The van der Waals surface area contributed by atoms with E-state index in [-0.39, 0.29) is 0 Å². The zero-order valence-electron chi connectivity index (χ0n) is 7.80. The largest absolute Gasteiger partial charge is 0.481 e. The predicted octanol–water partition coefficient (Wildman–Crippen LogP) is 1.36. The highest BCUT2D eigenvalue weighted by atomic mass is 16.6. The second-order valence-electron chi connectivity index (χ2n) is 2.66. The molecule has 0 fully saturated rings. The minimum atomic E-state index is -0.863. The summed E-state index contributed by atoms with van der Waals surface area (Å²) >= 11 is 0. The molecular weight excluding hydrogens is 182 g/mol. The van der Waals surface area contributed by atoms with Crippen molar-refractivity contribution in [3.63, 3.8) is 0 Å². The summed E-state index contributed by atoms with van der Waals surface area (Å²) in [6.45, 7) is 2.31. The van der Waals surface area contributed by atoms with Crippen LogP contribution in [0.3, 0.4) is 0 Å². The number of aliphatic carboxylic acids is 1. The Hall–Kier alpha value is -1.80. The van der Waals surface area contributed by atoms with Crippen molar-refractivity contribution in [1.82, 2.24) is 0 Å². The molecular formula is C10H11NO3. The van der Waals surface area contributed by atoms with E-state index in [2.05, 4.69) is 11.0 Å². The van der Waals surface area contributed by atoms with Gasteiger partial charge >= 0.3 is 5.97 Å². The number of hydrogen-bond donors (Lipinski definition) is 1. The monoisotopic (exact) mass is 193 g/mol. The molecule has 74 valence electrons. The molecule has 0 bridgehead atoms. The Bertz CT molecular complexity index is 319. The van der Waals surface area contributed by atoms with Crippen molar-refractivity contribution in [3.8, 4) is 0 Å². The van der Waals surface area contributed by atoms with Crippen molar-refractivity contribution in [2.24, 2.45) is 11.1 Å². The minimum Gasteiger partial charge on any atom is -0.481 e. The first-order valence-electron chi connectivity index (χ1n) is 4.28. The molecule has 1 aliphatic rings. The maximum Gasteiger partial charge on any atom is 0.314 e. The maximum absolute atomic E-state index is 10.5. The van der Waals surface area contributed by atoms with Crippen LogP contribution in [-0.2, 0) is 9.63 Å². The number of carbonyl (C=O) groups is 1. The molecule has 0 saturated heterocycles. The first kappa shape index (κ1) is 10.3. The smallest absolute Gasteiger partial charge is 0.314 e. The van der Waals surface area contributed by atoms with E-state index in [0.29, 0.717) is 12.2 Å². The third-order valence-electron chi connectivity index (χ3n) is 1.62. The topological polar surface area (TPSA) is 58.9 Å². The van der Waals surface area contributed by atoms with Crippen LogP contribution >= 0.6 is 0 Å². The number of nitrogens with zero attached hydrogens (tertiary/aromatic N) is 1. The highest BCUT2D eigenvalue weighted by Crippen LogP contribution is 2.11. The van der Waals surface area contributed by atoms with E-state index in [9.17, 15) is 4.79 Å². The van der Waals surface area contributed by atoms with Crippen LogP contribution in [0, 0.1) is 5.92 Å². The second kappa shape index (κ2) is 5.04. The van der Waals surface area contributed by atoms with Crippen LogP contribution in [-0.4, -0.2) is 23.6 Å². The Morgan fingerprint density at radius 3 is 2.79 bits per heavy atom. The minimum absolute atomic E-state index is 0.492. The van der Waals surface area contributed by atoms with Crippen LogP contribution in [0.1, 0.15) is 6.92 Å². The molecule has 0 radical (unpaired) electrons. The number of rotatable bonds is 3. The molecule has 1 N–H and O–H groups in total. The van der Waals surface area contributed by atoms with Gasteiger partial charge in [-0.05, 0) is 24.2 Å². The van der Waals surface area contributed by atoms with Gasteiger partial charge in [0.05, 0.1) is 5.92 Å². The Morgan fingerprint density at radius 2 is 2.29 bits per heavy atom. The highest BCUT2D eigenvalue weighted by molar-refractivity contribution is 5.77. The highest BCUT2D eigenvalue weighted by Gasteiger charge is 2.11. The summed E-state index contributed by atoms with van der Waals surface area (Å²) in [6.07, 6.45) is 6.46. The van der Waals surface area contributed by atoms with Crippen LogP contribution in [0.15, 0.2) is 35.0 Å². The van der Waals surface area contributed by atoms with Gasteiger partial charge in [-0.25, -0.2) is 0 Å². The predicted molar refractivity (Wildman–Crippen MR) is 52.0 cm³/mol. The zero-order chi connectivity index (χ0) is 10.4. The van der Waals surface area contributed by atoms with Gasteiger partial charge in [-0.15, -0.1) is 0 Å². The van der Waals surface area contributed by atoms with E-state index in [1.54, 1.807) is 24.3 Å². The fraction of sp³-hybridized carbons (Fsp3) is 0.300.